The molecule has 3 aromatic rings. The van der Waals surface area contributed by atoms with E-state index in [4.69, 9.17) is 11.6 Å². The van der Waals surface area contributed by atoms with Gasteiger partial charge >= 0.3 is 0 Å². The van der Waals surface area contributed by atoms with Gasteiger partial charge in [-0.05, 0) is 30.7 Å². The van der Waals surface area contributed by atoms with E-state index in [1.807, 2.05) is 25.3 Å². The number of anilines is 1. The highest BCUT2D eigenvalue weighted by molar-refractivity contribution is 7.88. The van der Waals surface area contributed by atoms with Gasteiger partial charge in [-0.1, -0.05) is 23.7 Å². The first kappa shape index (κ1) is 19.8. The highest BCUT2D eigenvalue weighted by Gasteiger charge is 2.28. The average molecular weight is 433 g/mol. The second-order valence-corrected chi connectivity index (χ2v) is 9.31. The summed E-state index contributed by atoms with van der Waals surface area (Å²) in [5.41, 5.74) is 1.60. The summed E-state index contributed by atoms with van der Waals surface area (Å²) in [5, 5.41) is 4.91. The van der Waals surface area contributed by atoms with Gasteiger partial charge in [0.25, 0.3) is 0 Å². The molecule has 152 valence electrons. The third kappa shape index (κ3) is 4.58. The fraction of sp³-hybridized carbons (Fsp3) is 0.316. The third-order valence-electron chi connectivity index (χ3n) is 4.79. The van der Waals surface area contributed by atoms with Crippen LogP contribution in [-0.2, 0) is 15.8 Å². The van der Waals surface area contributed by atoms with Gasteiger partial charge in [0.15, 0.2) is 5.82 Å². The van der Waals surface area contributed by atoms with Gasteiger partial charge in [-0.25, -0.2) is 23.1 Å². The van der Waals surface area contributed by atoms with Crippen molar-refractivity contribution in [3.8, 4) is 5.82 Å². The highest BCUT2D eigenvalue weighted by Crippen LogP contribution is 2.20. The van der Waals surface area contributed by atoms with Gasteiger partial charge in [-0.2, -0.15) is 9.40 Å². The Hall–Kier alpha value is -2.49. The van der Waals surface area contributed by atoms with Crippen molar-refractivity contribution in [1.82, 2.24) is 24.1 Å². The van der Waals surface area contributed by atoms with Crippen molar-refractivity contribution >= 4 is 27.4 Å². The molecule has 0 bridgehead atoms. The molecule has 0 saturated carbocycles. The molecule has 0 amide bonds. The fourth-order valence-electron chi connectivity index (χ4n) is 3.30. The molecular formula is C19H21ClN6O2S. The van der Waals surface area contributed by atoms with E-state index in [0.29, 0.717) is 42.6 Å². The van der Waals surface area contributed by atoms with Crippen LogP contribution in [0.15, 0.2) is 48.9 Å². The lowest BCUT2D eigenvalue weighted by atomic mass is 10.2. The molecule has 0 N–H and O–H groups in total. The van der Waals surface area contributed by atoms with Gasteiger partial charge in [-0.15, -0.1) is 0 Å². The first-order valence-corrected chi connectivity index (χ1v) is 11.2. The highest BCUT2D eigenvalue weighted by atomic mass is 35.5. The summed E-state index contributed by atoms with van der Waals surface area (Å²) >= 11 is 5.97. The molecule has 1 aromatic carbocycles. The molecule has 8 nitrogen and oxygen atoms in total. The number of aromatic nitrogens is 4. The second kappa shape index (κ2) is 8.10. The van der Waals surface area contributed by atoms with Crippen molar-refractivity contribution in [3.05, 3.63) is 65.2 Å². The quantitative estimate of drug-likeness (QED) is 0.615. The number of aryl methyl sites for hydroxylation is 1. The van der Waals surface area contributed by atoms with Crippen LogP contribution in [0.4, 0.5) is 5.82 Å². The Bertz CT molecular complexity index is 1110. The molecule has 0 unspecified atom stereocenters. The van der Waals surface area contributed by atoms with Crippen LogP contribution in [0.5, 0.6) is 0 Å². The van der Waals surface area contributed by atoms with Gasteiger partial charge in [0, 0.05) is 43.5 Å². The van der Waals surface area contributed by atoms with Crippen molar-refractivity contribution in [1.29, 1.82) is 0 Å². The van der Waals surface area contributed by atoms with E-state index in [2.05, 4.69) is 20.0 Å². The normalized spacial score (nSPS) is 15.6. The van der Waals surface area contributed by atoms with Crippen LogP contribution in [0.25, 0.3) is 5.82 Å². The van der Waals surface area contributed by atoms with Crippen molar-refractivity contribution in [2.75, 3.05) is 31.1 Å². The lowest BCUT2D eigenvalue weighted by molar-refractivity contribution is 0.383. The Kier molecular flexibility index (Phi) is 5.53. The summed E-state index contributed by atoms with van der Waals surface area (Å²) in [6.45, 7) is 3.85. The Morgan fingerprint density at radius 2 is 1.79 bits per heavy atom. The van der Waals surface area contributed by atoms with Crippen molar-refractivity contribution < 1.29 is 8.42 Å². The first-order valence-electron chi connectivity index (χ1n) is 9.23. The summed E-state index contributed by atoms with van der Waals surface area (Å²) in [7, 11) is -3.41. The number of nitrogens with zero attached hydrogens (tertiary/aromatic N) is 6. The van der Waals surface area contributed by atoms with E-state index in [1.54, 1.807) is 28.9 Å². The molecule has 29 heavy (non-hydrogen) atoms. The Morgan fingerprint density at radius 3 is 2.48 bits per heavy atom. The number of hydrogen-bond acceptors (Lipinski definition) is 6. The van der Waals surface area contributed by atoms with Gasteiger partial charge in [0.05, 0.1) is 11.4 Å². The molecule has 0 aliphatic carbocycles. The van der Waals surface area contributed by atoms with E-state index < -0.39 is 10.0 Å². The number of hydrogen-bond donors (Lipinski definition) is 0. The SMILES string of the molecule is Cc1ccn(-c2cc(N3CCN(S(=O)(=O)Cc4cccc(Cl)c4)CC3)ncn2)n1. The van der Waals surface area contributed by atoms with Crippen LogP contribution in [0.1, 0.15) is 11.3 Å². The minimum atomic E-state index is -3.41. The largest absolute Gasteiger partial charge is 0.354 e. The molecular weight excluding hydrogens is 412 g/mol. The summed E-state index contributed by atoms with van der Waals surface area (Å²) in [4.78, 5) is 10.7. The van der Waals surface area contributed by atoms with Crippen LogP contribution in [0, 0.1) is 6.92 Å². The predicted octanol–water partition coefficient (Wildman–Crippen LogP) is 2.28. The van der Waals surface area contributed by atoms with Gasteiger partial charge in [0.2, 0.25) is 10.0 Å². The van der Waals surface area contributed by atoms with Crippen LogP contribution in [0.3, 0.4) is 0 Å². The van der Waals surface area contributed by atoms with Gasteiger partial charge < -0.3 is 4.90 Å². The monoisotopic (exact) mass is 432 g/mol. The maximum Gasteiger partial charge on any atom is 0.218 e. The molecule has 0 spiro atoms. The summed E-state index contributed by atoms with van der Waals surface area (Å²) < 4.78 is 28.8. The molecule has 0 radical (unpaired) electrons. The third-order valence-corrected chi connectivity index (χ3v) is 6.87. The Labute approximate surface area is 174 Å². The van der Waals surface area contributed by atoms with Gasteiger partial charge in [0.1, 0.15) is 12.1 Å². The number of rotatable bonds is 5. The Balaban J connectivity index is 1.43. The standard InChI is InChI=1S/C19H21ClN6O2S/c1-15-5-6-26(23-15)19-12-18(21-14-22-19)24-7-9-25(10-8-24)29(27,28)13-16-3-2-4-17(20)11-16/h2-6,11-12,14H,7-10,13H2,1H3. The summed E-state index contributed by atoms with van der Waals surface area (Å²) in [6, 6.07) is 10.7. The van der Waals surface area contributed by atoms with E-state index in [-0.39, 0.29) is 5.75 Å². The number of halogens is 1. The van der Waals surface area contributed by atoms with Crippen molar-refractivity contribution in [2.45, 2.75) is 12.7 Å². The molecule has 0 atom stereocenters. The van der Waals surface area contributed by atoms with E-state index >= 15 is 0 Å². The minimum Gasteiger partial charge on any atom is -0.354 e. The fourth-order valence-corrected chi connectivity index (χ4v) is 5.02. The number of piperazine rings is 1. The molecule has 3 heterocycles. The zero-order valence-electron chi connectivity index (χ0n) is 15.9. The summed E-state index contributed by atoms with van der Waals surface area (Å²) in [5.74, 6) is 1.39. The average Bonchev–Trinajstić information content (AvgIpc) is 3.14. The predicted molar refractivity (Wildman–Crippen MR) is 112 cm³/mol. The van der Waals surface area contributed by atoms with E-state index in [9.17, 15) is 8.42 Å². The maximum atomic E-state index is 12.8. The van der Waals surface area contributed by atoms with Crippen molar-refractivity contribution in [2.24, 2.45) is 0 Å². The molecule has 1 saturated heterocycles. The van der Waals surface area contributed by atoms with E-state index in [0.717, 1.165) is 11.5 Å². The van der Waals surface area contributed by atoms with Gasteiger partial charge in [-0.3, -0.25) is 0 Å². The molecule has 1 aliphatic rings. The lowest BCUT2D eigenvalue weighted by Gasteiger charge is -2.34. The molecule has 1 aliphatic heterocycles. The smallest absolute Gasteiger partial charge is 0.218 e. The zero-order valence-corrected chi connectivity index (χ0v) is 17.5. The molecule has 1 fully saturated rings. The van der Waals surface area contributed by atoms with Crippen LogP contribution >= 0.6 is 11.6 Å². The molecule has 4 rings (SSSR count). The Morgan fingerprint density at radius 1 is 1.03 bits per heavy atom. The number of benzene rings is 1. The summed E-state index contributed by atoms with van der Waals surface area (Å²) in [6.07, 6.45) is 3.35. The molecule has 2 aromatic heterocycles. The van der Waals surface area contributed by atoms with E-state index in [1.165, 1.54) is 10.6 Å². The second-order valence-electron chi connectivity index (χ2n) is 6.91. The number of sulfonamides is 1. The zero-order chi connectivity index (χ0) is 20.4. The molecule has 10 heteroatoms. The first-order chi connectivity index (χ1) is 13.9. The lowest BCUT2D eigenvalue weighted by Crippen LogP contribution is -2.49. The topological polar surface area (TPSA) is 84.2 Å². The van der Waals surface area contributed by atoms with Crippen molar-refractivity contribution in [3.63, 3.8) is 0 Å². The maximum absolute atomic E-state index is 12.8. The minimum absolute atomic E-state index is 0.0517. The van der Waals surface area contributed by atoms with Crippen LogP contribution in [0.2, 0.25) is 5.02 Å². The van der Waals surface area contributed by atoms with Crippen LogP contribution < -0.4 is 4.90 Å². The van der Waals surface area contributed by atoms with Crippen LogP contribution in [-0.4, -0.2) is 58.7 Å².